The second kappa shape index (κ2) is 8.70. The van der Waals surface area contributed by atoms with Crippen LogP contribution >= 0.6 is 24.8 Å². The fourth-order valence-corrected chi connectivity index (χ4v) is 2.45. The Labute approximate surface area is 164 Å². The van der Waals surface area contributed by atoms with Crippen molar-refractivity contribution in [1.82, 2.24) is 4.98 Å². The van der Waals surface area contributed by atoms with Crippen molar-refractivity contribution in [3.63, 3.8) is 0 Å². The van der Waals surface area contributed by atoms with Gasteiger partial charge in [0.2, 0.25) is 0 Å². The van der Waals surface area contributed by atoms with Gasteiger partial charge in [-0.25, -0.2) is 13.2 Å². The Morgan fingerprint density at radius 2 is 1.59 bits per heavy atom. The molecule has 5 nitrogen and oxygen atoms in total. The quantitative estimate of drug-likeness (QED) is 0.493. The predicted octanol–water partition coefficient (Wildman–Crippen LogP) is 3.58. The molecule has 0 bridgehead atoms. The molecule has 1 amide bonds. The number of benzene rings is 2. The van der Waals surface area contributed by atoms with Crippen molar-refractivity contribution in [3.8, 4) is 11.3 Å². The summed E-state index contributed by atoms with van der Waals surface area (Å²) in [4.78, 5) is 19.4. The Balaban J connectivity index is 0.00000182. The van der Waals surface area contributed by atoms with Gasteiger partial charge in [0, 0.05) is 29.3 Å². The van der Waals surface area contributed by atoms with Crippen LogP contribution in [0.2, 0.25) is 0 Å². The molecule has 0 unspecified atom stereocenters. The molecular weight excluding hydrogens is 404 g/mol. The van der Waals surface area contributed by atoms with Gasteiger partial charge in [0.1, 0.15) is 17.5 Å². The molecule has 2 aromatic carbocycles. The third-order valence-electron chi connectivity index (χ3n) is 3.49. The molecule has 1 aromatic heterocycles. The van der Waals surface area contributed by atoms with E-state index in [1.807, 2.05) is 0 Å². The number of pyridine rings is 1. The molecule has 27 heavy (non-hydrogen) atoms. The van der Waals surface area contributed by atoms with Crippen LogP contribution in [0, 0.1) is 17.5 Å². The third kappa shape index (κ3) is 4.47. The molecule has 10 heteroatoms. The number of carbonyl (C=O) groups excluding carboxylic acids is 1. The van der Waals surface area contributed by atoms with E-state index in [9.17, 15) is 18.0 Å². The van der Waals surface area contributed by atoms with Gasteiger partial charge >= 0.3 is 0 Å². The van der Waals surface area contributed by atoms with Crippen LogP contribution in [0.5, 0.6) is 0 Å². The minimum Gasteiger partial charge on any atom is -0.370 e. The van der Waals surface area contributed by atoms with Crippen molar-refractivity contribution in [2.75, 3.05) is 0 Å². The van der Waals surface area contributed by atoms with Gasteiger partial charge < -0.3 is 11.5 Å². The first kappa shape index (κ1) is 22.2. The minimum atomic E-state index is -1.10. The van der Waals surface area contributed by atoms with Crippen LogP contribution in [-0.4, -0.2) is 16.9 Å². The molecule has 142 valence electrons. The zero-order valence-electron chi connectivity index (χ0n) is 13.4. The number of nitrogens with two attached hydrogens (primary N) is 2. The first-order chi connectivity index (χ1) is 11.9. The average molecular weight is 417 g/mol. The highest BCUT2D eigenvalue weighted by molar-refractivity contribution is 6.06. The number of aromatic nitrogens is 1. The van der Waals surface area contributed by atoms with Crippen molar-refractivity contribution in [2.45, 2.75) is 0 Å². The van der Waals surface area contributed by atoms with E-state index in [2.05, 4.69) is 9.98 Å². The number of guanidine groups is 1. The summed E-state index contributed by atoms with van der Waals surface area (Å²) in [7, 11) is 0. The van der Waals surface area contributed by atoms with E-state index >= 15 is 0 Å². The van der Waals surface area contributed by atoms with Gasteiger partial charge in [0.25, 0.3) is 5.91 Å². The Bertz CT molecular complexity index is 1020. The lowest BCUT2D eigenvalue weighted by Crippen LogP contribution is -2.24. The van der Waals surface area contributed by atoms with Gasteiger partial charge in [0.15, 0.2) is 5.96 Å². The zero-order chi connectivity index (χ0) is 18.1. The summed E-state index contributed by atoms with van der Waals surface area (Å²) in [6, 6.07) is 7.13. The van der Waals surface area contributed by atoms with E-state index in [4.69, 9.17) is 11.5 Å². The summed E-state index contributed by atoms with van der Waals surface area (Å²) >= 11 is 0. The molecule has 0 aliphatic carbocycles. The molecule has 0 saturated heterocycles. The molecule has 1 heterocycles. The lowest BCUT2D eigenvalue weighted by Gasteiger charge is -2.09. The van der Waals surface area contributed by atoms with Gasteiger partial charge in [-0.2, -0.15) is 4.99 Å². The molecule has 4 N–H and O–H groups in total. The minimum absolute atomic E-state index is 0. The average Bonchev–Trinajstić information content (AvgIpc) is 2.53. The van der Waals surface area contributed by atoms with Crippen LogP contribution < -0.4 is 11.5 Å². The summed E-state index contributed by atoms with van der Waals surface area (Å²) in [5.74, 6) is -4.36. The van der Waals surface area contributed by atoms with E-state index in [-0.39, 0.29) is 36.1 Å². The molecular formula is C17H13Cl2F3N4O. The molecule has 3 rings (SSSR count). The number of nitrogens with zero attached hydrogens (tertiary/aromatic N) is 2. The number of aliphatic imine (C=N–C) groups is 1. The standard InChI is InChI=1S/C17H11F3N4O.2ClH/c18-10-6-12(19)14(13(20)7-10)15-11-5-9(16(25)24-17(21)22)2-1-8(11)3-4-23-15;;/h1-7H,(H4,21,22,24,25);2*1H. The van der Waals surface area contributed by atoms with Crippen LogP contribution in [0.1, 0.15) is 10.4 Å². The van der Waals surface area contributed by atoms with E-state index in [0.29, 0.717) is 22.9 Å². The Hall–Kier alpha value is -2.84. The normalized spacial score (nSPS) is 9.89. The Kier molecular flexibility index (Phi) is 7.15. The van der Waals surface area contributed by atoms with Crippen LogP contribution in [0.25, 0.3) is 22.0 Å². The van der Waals surface area contributed by atoms with E-state index < -0.39 is 34.9 Å². The second-order valence-electron chi connectivity index (χ2n) is 5.18. The molecule has 3 aromatic rings. The summed E-state index contributed by atoms with van der Waals surface area (Å²) in [6.45, 7) is 0. The molecule has 0 fully saturated rings. The van der Waals surface area contributed by atoms with Crippen molar-refractivity contribution < 1.29 is 18.0 Å². The van der Waals surface area contributed by atoms with Gasteiger partial charge in [-0.05, 0) is 23.6 Å². The smallest absolute Gasteiger partial charge is 0.280 e. The molecule has 0 atom stereocenters. The molecule has 0 aliphatic rings. The van der Waals surface area contributed by atoms with Crippen LogP contribution in [0.4, 0.5) is 13.2 Å². The lowest BCUT2D eigenvalue weighted by molar-refractivity contribution is 0.100. The van der Waals surface area contributed by atoms with Gasteiger partial charge in [-0.3, -0.25) is 9.78 Å². The Morgan fingerprint density at radius 1 is 0.963 bits per heavy atom. The van der Waals surface area contributed by atoms with Crippen molar-refractivity contribution in [1.29, 1.82) is 0 Å². The molecule has 0 radical (unpaired) electrons. The maximum Gasteiger partial charge on any atom is 0.280 e. The van der Waals surface area contributed by atoms with Gasteiger partial charge in [-0.15, -0.1) is 24.8 Å². The lowest BCUT2D eigenvalue weighted by atomic mass is 10.0. The predicted molar refractivity (Wildman–Crippen MR) is 102 cm³/mol. The SMILES string of the molecule is Cl.Cl.NC(N)=NC(=O)c1ccc2ccnc(-c3c(F)cc(F)cc3F)c2c1. The van der Waals surface area contributed by atoms with Crippen molar-refractivity contribution in [2.24, 2.45) is 16.5 Å². The number of amides is 1. The molecule has 0 aliphatic heterocycles. The summed E-state index contributed by atoms with van der Waals surface area (Å²) in [5.41, 5.74) is 9.91. The second-order valence-corrected chi connectivity index (χ2v) is 5.18. The highest BCUT2D eigenvalue weighted by Crippen LogP contribution is 2.31. The summed E-state index contributed by atoms with van der Waals surface area (Å²) in [5, 5.41) is 0.873. The number of rotatable bonds is 2. The van der Waals surface area contributed by atoms with Crippen LogP contribution in [-0.2, 0) is 0 Å². The Morgan fingerprint density at radius 3 is 2.19 bits per heavy atom. The first-order valence-electron chi connectivity index (χ1n) is 7.04. The number of halogens is 5. The number of hydrogen-bond donors (Lipinski definition) is 2. The molecule has 0 spiro atoms. The molecule has 0 saturated carbocycles. The van der Waals surface area contributed by atoms with Crippen molar-refractivity contribution in [3.05, 3.63) is 65.6 Å². The monoisotopic (exact) mass is 416 g/mol. The highest BCUT2D eigenvalue weighted by Gasteiger charge is 2.18. The van der Waals surface area contributed by atoms with E-state index in [0.717, 1.165) is 0 Å². The summed E-state index contributed by atoms with van der Waals surface area (Å²) in [6.07, 6.45) is 1.36. The summed E-state index contributed by atoms with van der Waals surface area (Å²) < 4.78 is 41.4. The first-order valence-corrected chi connectivity index (χ1v) is 7.04. The maximum absolute atomic E-state index is 14.1. The largest absolute Gasteiger partial charge is 0.370 e. The van der Waals surface area contributed by atoms with E-state index in [1.165, 1.54) is 18.3 Å². The van der Waals surface area contributed by atoms with Gasteiger partial charge in [0.05, 0.1) is 11.3 Å². The maximum atomic E-state index is 14.1. The number of hydrogen-bond acceptors (Lipinski definition) is 2. The van der Waals surface area contributed by atoms with Gasteiger partial charge in [-0.1, -0.05) is 6.07 Å². The van der Waals surface area contributed by atoms with Crippen molar-refractivity contribution >= 4 is 47.5 Å². The third-order valence-corrected chi connectivity index (χ3v) is 3.49. The van der Waals surface area contributed by atoms with E-state index in [1.54, 1.807) is 12.1 Å². The number of fused-ring (bicyclic) bond motifs is 1. The fraction of sp³-hybridized carbons (Fsp3) is 0. The topological polar surface area (TPSA) is 94.4 Å². The van der Waals surface area contributed by atoms with Crippen LogP contribution in [0.15, 0.2) is 47.6 Å². The zero-order valence-corrected chi connectivity index (χ0v) is 15.1. The van der Waals surface area contributed by atoms with Crippen LogP contribution in [0.3, 0.4) is 0 Å². The fourth-order valence-electron chi connectivity index (χ4n) is 2.45. The highest BCUT2D eigenvalue weighted by atomic mass is 35.5. The number of carbonyl (C=O) groups is 1.